The van der Waals surface area contributed by atoms with E-state index in [9.17, 15) is 0 Å². The molecule has 1 heteroatoms. The molecular weight excluding hydrogens is 208 g/mol. The zero-order chi connectivity index (χ0) is 12.3. The summed E-state index contributed by atoms with van der Waals surface area (Å²) in [7, 11) is 0. The minimum absolute atomic E-state index is 0.628. The Morgan fingerprint density at radius 2 is 1.47 bits per heavy atom. The van der Waals surface area contributed by atoms with Gasteiger partial charge in [-0.15, -0.1) is 0 Å². The summed E-state index contributed by atoms with van der Waals surface area (Å²) in [6.07, 6.45) is 0. The van der Waals surface area contributed by atoms with Crippen LogP contribution < -0.4 is 4.74 Å². The lowest BCUT2D eigenvalue weighted by molar-refractivity contribution is 0.306. The second kappa shape index (κ2) is 5.05. The van der Waals surface area contributed by atoms with Crippen molar-refractivity contribution in [2.24, 2.45) is 0 Å². The van der Waals surface area contributed by atoms with Gasteiger partial charge >= 0.3 is 0 Å². The first kappa shape index (κ1) is 11.7. The molecule has 0 amide bonds. The molecule has 0 radical (unpaired) electrons. The van der Waals surface area contributed by atoms with Crippen LogP contribution in [0.4, 0.5) is 0 Å². The van der Waals surface area contributed by atoms with E-state index in [1.165, 1.54) is 22.3 Å². The van der Waals surface area contributed by atoms with Crippen LogP contribution in [-0.2, 0) is 6.61 Å². The van der Waals surface area contributed by atoms with E-state index in [4.69, 9.17) is 4.74 Å². The van der Waals surface area contributed by atoms with Crippen molar-refractivity contribution in [3.63, 3.8) is 0 Å². The van der Waals surface area contributed by atoms with Gasteiger partial charge in [0.2, 0.25) is 0 Å². The number of hydrogen-bond donors (Lipinski definition) is 0. The largest absolute Gasteiger partial charge is 0.489 e. The Morgan fingerprint density at radius 3 is 2.06 bits per heavy atom. The van der Waals surface area contributed by atoms with Gasteiger partial charge in [-0.25, -0.2) is 0 Å². The Balaban J connectivity index is 2.10. The average Bonchev–Trinajstić information content (AvgIpc) is 2.34. The van der Waals surface area contributed by atoms with Crippen molar-refractivity contribution < 1.29 is 4.74 Å². The van der Waals surface area contributed by atoms with E-state index in [0.29, 0.717) is 6.61 Å². The second-order valence-corrected chi connectivity index (χ2v) is 4.46. The van der Waals surface area contributed by atoms with Gasteiger partial charge < -0.3 is 4.74 Å². The fraction of sp³-hybridized carbons (Fsp3) is 0.250. The molecule has 88 valence electrons. The molecule has 2 rings (SSSR count). The number of benzene rings is 2. The fourth-order valence-electron chi connectivity index (χ4n) is 1.82. The maximum atomic E-state index is 5.81. The lowest BCUT2D eigenvalue weighted by Gasteiger charge is -2.11. The highest BCUT2D eigenvalue weighted by Gasteiger charge is 2.02. The van der Waals surface area contributed by atoms with E-state index in [1.807, 2.05) is 18.2 Å². The summed E-state index contributed by atoms with van der Waals surface area (Å²) >= 11 is 0. The first-order valence-corrected chi connectivity index (χ1v) is 5.91. The van der Waals surface area contributed by atoms with E-state index >= 15 is 0 Å². The molecule has 0 aliphatic heterocycles. The standard InChI is InChI=1S/C16H18O/c1-12-9-16(10-13(2)14(12)3)17-11-15-7-5-4-6-8-15/h4-10H,11H2,1-3H3. The van der Waals surface area contributed by atoms with E-state index in [0.717, 1.165) is 5.75 Å². The molecule has 17 heavy (non-hydrogen) atoms. The first-order valence-electron chi connectivity index (χ1n) is 5.91. The minimum Gasteiger partial charge on any atom is -0.489 e. The highest BCUT2D eigenvalue weighted by atomic mass is 16.5. The Hall–Kier alpha value is -1.76. The number of aryl methyl sites for hydroxylation is 2. The topological polar surface area (TPSA) is 9.23 Å². The molecule has 0 unspecified atom stereocenters. The summed E-state index contributed by atoms with van der Waals surface area (Å²) in [5, 5.41) is 0. The van der Waals surface area contributed by atoms with E-state index < -0.39 is 0 Å². The molecule has 0 heterocycles. The molecule has 2 aromatic carbocycles. The third-order valence-corrected chi connectivity index (χ3v) is 3.15. The van der Waals surface area contributed by atoms with Crippen LogP contribution in [0, 0.1) is 20.8 Å². The average molecular weight is 226 g/mol. The third-order valence-electron chi connectivity index (χ3n) is 3.15. The predicted molar refractivity (Wildman–Crippen MR) is 71.4 cm³/mol. The van der Waals surface area contributed by atoms with Gasteiger partial charge in [0.05, 0.1) is 0 Å². The normalized spacial score (nSPS) is 10.3. The van der Waals surface area contributed by atoms with Crippen LogP contribution in [0.5, 0.6) is 5.75 Å². The lowest BCUT2D eigenvalue weighted by Crippen LogP contribution is -1.97. The Kier molecular flexibility index (Phi) is 3.48. The second-order valence-electron chi connectivity index (χ2n) is 4.46. The van der Waals surface area contributed by atoms with E-state index in [2.05, 4.69) is 45.0 Å². The zero-order valence-corrected chi connectivity index (χ0v) is 10.7. The van der Waals surface area contributed by atoms with Crippen LogP contribution in [-0.4, -0.2) is 0 Å². The molecule has 0 fully saturated rings. The summed E-state index contributed by atoms with van der Waals surface area (Å²) in [5.41, 5.74) is 5.11. The Bertz CT molecular complexity index is 477. The van der Waals surface area contributed by atoms with Gasteiger partial charge in [0, 0.05) is 0 Å². The fourth-order valence-corrected chi connectivity index (χ4v) is 1.82. The van der Waals surface area contributed by atoms with Crippen LogP contribution in [0.3, 0.4) is 0 Å². The zero-order valence-electron chi connectivity index (χ0n) is 10.7. The summed E-state index contributed by atoms with van der Waals surface area (Å²) < 4.78 is 5.81. The van der Waals surface area contributed by atoms with Gasteiger partial charge in [-0.3, -0.25) is 0 Å². The SMILES string of the molecule is Cc1cc(OCc2ccccc2)cc(C)c1C. The molecule has 0 aliphatic rings. The number of rotatable bonds is 3. The molecule has 2 aromatic rings. The van der Waals surface area contributed by atoms with E-state index in [1.54, 1.807) is 0 Å². The van der Waals surface area contributed by atoms with Crippen molar-refractivity contribution in [2.75, 3.05) is 0 Å². The van der Waals surface area contributed by atoms with Crippen LogP contribution in [0.2, 0.25) is 0 Å². The first-order chi connectivity index (χ1) is 8.16. The van der Waals surface area contributed by atoms with Crippen molar-refractivity contribution in [3.8, 4) is 5.75 Å². The van der Waals surface area contributed by atoms with Gasteiger partial charge in [0.25, 0.3) is 0 Å². The van der Waals surface area contributed by atoms with Gasteiger partial charge in [-0.05, 0) is 55.2 Å². The summed E-state index contributed by atoms with van der Waals surface area (Å²) in [4.78, 5) is 0. The van der Waals surface area contributed by atoms with Gasteiger partial charge in [0.1, 0.15) is 12.4 Å². The predicted octanol–water partition coefficient (Wildman–Crippen LogP) is 4.19. The third kappa shape index (κ3) is 2.88. The van der Waals surface area contributed by atoms with Gasteiger partial charge in [-0.1, -0.05) is 30.3 Å². The summed E-state index contributed by atoms with van der Waals surface area (Å²) in [6.45, 7) is 7.02. The summed E-state index contributed by atoms with van der Waals surface area (Å²) in [5.74, 6) is 0.953. The Labute approximate surface area is 103 Å². The molecule has 0 aromatic heterocycles. The van der Waals surface area contributed by atoms with Crippen molar-refractivity contribution in [3.05, 3.63) is 64.7 Å². The van der Waals surface area contributed by atoms with Crippen molar-refractivity contribution in [2.45, 2.75) is 27.4 Å². The molecule has 0 N–H and O–H groups in total. The molecule has 0 bridgehead atoms. The lowest BCUT2D eigenvalue weighted by atomic mass is 10.0. The molecule has 0 saturated carbocycles. The van der Waals surface area contributed by atoms with Gasteiger partial charge in [-0.2, -0.15) is 0 Å². The monoisotopic (exact) mass is 226 g/mol. The smallest absolute Gasteiger partial charge is 0.120 e. The maximum Gasteiger partial charge on any atom is 0.120 e. The molecule has 0 atom stereocenters. The van der Waals surface area contributed by atoms with E-state index in [-0.39, 0.29) is 0 Å². The number of hydrogen-bond acceptors (Lipinski definition) is 1. The molecule has 0 aliphatic carbocycles. The van der Waals surface area contributed by atoms with Crippen molar-refractivity contribution in [1.29, 1.82) is 0 Å². The maximum absolute atomic E-state index is 5.81. The Morgan fingerprint density at radius 1 is 0.882 bits per heavy atom. The highest BCUT2D eigenvalue weighted by molar-refractivity contribution is 5.40. The quantitative estimate of drug-likeness (QED) is 0.762. The molecule has 0 spiro atoms. The van der Waals surface area contributed by atoms with Gasteiger partial charge in [0.15, 0.2) is 0 Å². The summed E-state index contributed by atoms with van der Waals surface area (Å²) in [6, 6.07) is 14.4. The van der Waals surface area contributed by atoms with Crippen LogP contribution in [0.25, 0.3) is 0 Å². The van der Waals surface area contributed by atoms with Crippen LogP contribution in [0.1, 0.15) is 22.3 Å². The van der Waals surface area contributed by atoms with Crippen molar-refractivity contribution in [1.82, 2.24) is 0 Å². The van der Waals surface area contributed by atoms with Crippen LogP contribution >= 0.6 is 0 Å². The molecular formula is C16H18O. The minimum atomic E-state index is 0.628. The molecule has 0 saturated heterocycles. The highest BCUT2D eigenvalue weighted by Crippen LogP contribution is 2.21. The van der Waals surface area contributed by atoms with Crippen LogP contribution in [0.15, 0.2) is 42.5 Å². The number of ether oxygens (including phenoxy) is 1. The van der Waals surface area contributed by atoms with Crippen molar-refractivity contribution >= 4 is 0 Å². The molecule has 1 nitrogen and oxygen atoms in total.